The van der Waals surface area contributed by atoms with Crippen LogP contribution in [-0.4, -0.2) is 10.9 Å². The van der Waals surface area contributed by atoms with Crippen molar-refractivity contribution < 1.29 is 9.53 Å². The van der Waals surface area contributed by atoms with E-state index in [4.69, 9.17) is 4.74 Å². The second-order valence-corrected chi connectivity index (χ2v) is 5.39. The van der Waals surface area contributed by atoms with Gasteiger partial charge in [-0.05, 0) is 48.9 Å². The second kappa shape index (κ2) is 7.42. The molecule has 1 atom stereocenters. The molecule has 1 heterocycles. The predicted molar refractivity (Wildman–Crippen MR) is 93.1 cm³/mol. The number of hydrogen-bond donors (Lipinski definition) is 1. The number of nitrogens with one attached hydrogen (secondary N) is 1. The fourth-order valence-electron chi connectivity index (χ4n) is 2.37. The minimum Gasteiger partial charge on any atom is -0.457 e. The normalized spacial score (nSPS) is 11.5. The Bertz CT molecular complexity index is 804. The van der Waals surface area contributed by atoms with Gasteiger partial charge in [-0.1, -0.05) is 30.3 Å². The highest BCUT2D eigenvalue weighted by atomic mass is 16.5. The summed E-state index contributed by atoms with van der Waals surface area (Å²) in [6.45, 7) is 1.94. The molecule has 0 aliphatic rings. The zero-order valence-electron chi connectivity index (χ0n) is 13.3. The molecule has 0 fully saturated rings. The predicted octanol–water partition coefficient (Wildman–Crippen LogP) is 4.36. The van der Waals surface area contributed by atoms with Gasteiger partial charge < -0.3 is 10.1 Å². The SMILES string of the molecule is CC(NC(=O)c1ccccc1Oc1ccccc1)c1ccncc1. The van der Waals surface area contributed by atoms with Gasteiger partial charge in [0, 0.05) is 12.4 Å². The fourth-order valence-corrected chi connectivity index (χ4v) is 2.37. The summed E-state index contributed by atoms with van der Waals surface area (Å²) in [4.78, 5) is 16.6. The molecule has 0 saturated carbocycles. The number of hydrogen-bond acceptors (Lipinski definition) is 3. The van der Waals surface area contributed by atoms with Gasteiger partial charge in [0.1, 0.15) is 11.5 Å². The van der Waals surface area contributed by atoms with Crippen molar-refractivity contribution in [3.63, 3.8) is 0 Å². The quantitative estimate of drug-likeness (QED) is 0.760. The van der Waals surface area contributed by atoms with Crippen LogP contribution in [0.3, 0.4) is 0 Å². The fraction of sp³-hybridized carbons (Fsp3) is 0.100. The molecule has 0 spiro atoms. The van der Waals surface area contributed by atoms with Crippen LogP contribution in [0.5, 0.6) is 11.5 Å². The van der Waals surface area contributed by atoms with Crippen LogP contribution in [0.25, 0.3) is 0 Å². The standard InChI is InChI=1S/C20H18N2O2/c1-15(16-11-13-21-14-12-16)22-20(23)18-9-5-6-10-19(18)24-17-7-3-2-4-8-17/h2-15H,1H3,(H,22,23). The van der Waals surface area contributed by atoms with Gasteiger partial charge in [-0.3, -0.25) is 9.78 Å². The molecule has 0 aliphatic heterocycles. The Labute approximate surface area is 141 Å². The molecule has 120 valence electrons. The molecule has 1 unspecified atom stereocenters. The lowest BCUT2D eigenvalue weighted by Crippen LogP contribution is -2.27. The summed E-state index contributed by atoms with van der Waals surface area (Å²) in [7, 11) is 0. The molecule has 1 N–H and O–H groups in total. The van der Waals surface area contributed by atoms with E-state index in [1.807, 2.05) is 61.5 Å². The van der Waals surface area contributed by atoms with Crippen molar-refractivity contribution in [1.29, 1.82) is 0 Å². The van der Waals surface area contributed by atoms with Crippen molar-refractivity contribution in [1.82, 2.24) is 10.3 Å². The average Bonchev–Trinajstić information content (AvgIpc) is 2.63. The summed E-state index contributed by atoms with van der Waals surface area (Å²) in [6, 6.07) is 20.3. The molecule has 1 aromatic heterocycles. The van der Waals surface area contributed by atoms with E-state index in [9.17, 15) is 4.79 Å². The van der Waals surface area contributed by atoms with Gasteiger partial charge in [0.2, 0.25) is 0 Å². The first-order chi connectivity index (χ1) is 11.7. The largest absolute Gasteiger partial charge is 0.457 e. The summed E-state index contributed by atoms with van der Waals surface area (Å²) in [5.41, 5.74) is 1.50. The Kier molecular flexibility index (Phi) is 4.87. The summed E-state index contributed by atoms with van der Waals surface area (Å²) < 4.78 is 5.85. The number of nitrogens with zero attached hydrogens (tertiary/aromatic N) is 1. The molecule has 0 radical (unpaired) electrons. The van der Waals surface area contributed by atoms with Gasteiger partial charge in [0.25, 0.3) is 5.91 Å². The van der Waals surface area contributed by atoms with Gasteiger partial charge in [-0.15, -0.1) is 0 Å². The Hall–Kier alpha value is -3.14. The average molecular weight is 318 g/mol. The monoisotopic (exact) mass is 318 g/mol. The van der Waals surface area contributed by atoms with Gasteiger partial charge in [-0.2, -0.15) is 0 Å². The molecule has 3 aromatic rings. The first kappa shape index (κ1) is 15.7. The van der Waals surface area contributed by atoms with Crippen molar-refractivity contribution in [3.05, 3.63) is 90.3 Å². The highest BCUT2D eigenvalue weighted by Gasteiger charge is 2.15. The van der Waals surface area contributed by atoms with Crippen molar-refractivity contribution in [3.8, 4) is 11.5 Å². The van der Waals surface area contributed by atoms with Crippen LogP contribution in [0.4, 0.5) is 0 Å². The number of benzene rings is 2. The maximum atomic E-state index is 12.6. The molecular weight excluding hydrogens is 300 g/mol. The van der Waals surface area contributed by atoms with E-state index in [1.54, 1.807) is 24.5 Å². The van der Waals surface area contributed by atoms with Crippen LogP contribution in [0.2, 0.25) is 0 Å². The number of para-hydroxylation sites is 2. The maximum Gasteiger partial charge on any atom is 0.255 e. The van der Waals surface area contributed by atoms with Crippen LogP contribution in [-0.2, 0) is 0 Å². The zero-order valence-corrected chi connectivity index (χ0v) is 13.3. The Morgan fingerprint density at radius 1 is 0.958 bits per heavy atom. The number of pyridine rings is 1. The van der Waals surface area contributed by atoms with E-state index in [-0.39, 0.29) is 11.9 Å². The highest BCUT2D eigenvalue weighted by Crippen LogP contribution is 2.25. The zero-order chi connectivity index (χ0) is 16.8. The smallest absolute Gasteiger partial charge is 0.255 e. The summed E-state index contributed by atoms with van der Waals surface area (Å²) in [5, 5.41) is 2.99. The first-order valence-electron chi connectivity index (χ1n) is 7.77. The summed E-state index contributed by atoms with van der Waals surface area (Å²) in [5.74, 6) is 1.05. The molecule has 4 nitrogen and oxygen atoms in total. The molecule has 2 aromatic carbocycles. The molecule has 0 aliphatic carbocycles. The summed E-state index contributed by atoms with van der Waals surface area (Å²) >= 11 is 0. The number of carbonyl (C=O) groups excluding carboxylic acids is 1. The lowest BCUT2D eigenvalue weighted by molar-refractivity contribution is 0.0937. The number of rotatable bonds is 5. The first-order valence-corrected chi connectivity index (χ1v) is 7.77. The van der Waals surface area contributed by atoms with E-state index in [2.05, 4.69) is 10.3 Å². The lowest BCUT2D eigenvalue weighted by Gasteiger charge is -2.16. The molecular formula is C20H18N2O2. The van der Waals surface area contributed by atoms with Crippen molar-refractivity contribution >= 4 is 5.91 Å². The van der Waals surface area contributed by atoms with Gasteiger partial charge in [0.05, 0.1) is 11.6 Å². The van der Waals surface area contributed by atoms with E-state index in [1.165, 1.54) is 0 Å². The lowest BCUT2D eigenvalue weighted by atomic mass is 10.1. The van der Waals surface area contributed by atoms with E-state index in [0.29, 0.717) is 17.1 Å². The summed E-state index contributed by atoms with van der Waals surface area (Å²) in [6.07, 6.45) is 3.43. The van der Waals surface area contributed by atoms with Gasteiger partial charge >= 0.3 is 0 Å². The van der Waals surface area contributed by atoms with Crippen LogP contribution in [0, 0.1) is 0 Å². The van der Waals surface area contributed by atoms with E-state index >= 15 is 0 Å². The van der Waals surface area contributed by atoms with Crippen molar-refractivity contribution in [2.75, 3.05) is 0 Å². The van der Waals surface area contributed by atoms with Gasteiger partial charge in [-0.25, -0.2) is 0 Å². The second-order valence-electron chi connectivity index (χ2n) is 5.39. The third-order valence-corrected chi connectivity index (χ3v) is 3.66. The number of ether oxygens (including phenoxy) is 1. The Morgan fingerprint density at radius 2 is 1.62 bits per heavy atom. The van der Waals surface area contributed by atoms with Crippen LogP contribution in [0.15, 0.2) is 79.1 Å². The number of aromatic nitrogens is 1. The highest BCUT2D eigenvalue weighted by molar-refractivity contribution is 5.97. The topological polar surface area (TPSA) is 51.2 Å². The van der Waals surface area contributed by atoms with E-state index in [0.717, 1.165) is 5.56 Å². The molecule has 3 rings (SSSR count). The molecule has 1 amide bonds. The van der Waals surface area contributed by atoms with Crippen LogP contribution in [0.1, 0.15) is 28.9 Å². The minimum absolute atomic E-state index is 0.120. The van der Waals surface area contributed by atoms with Gasteiger partial charge in [0.15, 0.2) is 0 Å². The molecule has 0 bridgehead atoms. The molecule has 24 heavy (non-hydrogen) atoms. The third-order valence-electron chi connectivity index (χ3n) is 3.66. The maximum absolute atomic E-state index is 12.6. The third kappa shape index (κ3) is 3.79. The van der Waals surface area contributed by atoms with E-state index < -0.39 is 0 Å². The minimum atomic E-state index is -0.175. The number of amides is 1. The van der Waals surface area contributed by atoms with Crippen LogP contribution < -0.4 is 10.1 Å². The van der Waals surface area contributed by atoms with Crippen molar-refractivity contribution in [2.24, 2.45) is 0 Å². The molecule has 0 saturated heterocycles. The Balaban J connectivity index is 1.78. The molecule has 4 heteroatoms. The van der Waals surface area contributed by atoms with Crippen molar-refractivity contribution in [2.45, 2.75) is 13.0 Å². The Morgan fingerprint density at radius 3 is 2.38 bits per heavy atom. The number of carbonyl (C=O) groups is 1. The van der Waals surface area contributed by atoms with Crippen LogP contribution >= 0.6 is 0 Å².